The van der Waals surface area contributed by atoms with Crippen molar-refractivity contribution in [1.82, 2.24) is 9.97 Å². The molecule has 0 amide bonds. The van der Waals surface area contributed by atoms with Gasteiger partial charge in [-0.05, 0) is 38.3 Å². The van der Waals surface area contributed by atoms with Crippen molar-refractivity contribution in [3.05, 3.63) is 58.7 Å². The first-order valence-electron chi connectivity index (χ1n) is 6.56. The Balaban J connectivity index is 2.34. The van der Waals surface area contributed by atoms with Crippen LogP contribution in [-0.4, -0.2) is 21.0 Å². The molecular weight excluding hydrogens is 252 g/mol. The number of hydrogen-bond acceptors (Lipinski definition) is 3. The van der Waals surface area contributed by atoms with Crippen molar-refractivity contribution >= 4 is 5.97 Å². The summed E-state index contributed by atoms with van der Waals surface area (Å²) in [5.41, 5.74) is 4.24. The minimum atomic E-state index is -0.870. The van der Waals surface area contributed by atoms with E-state index >= 15 is 0 Å². The molecule has 104 valence electrons. The Morgan fingerprint density at radius 1 is 1.20 bits per heavy atom. The minimum absolute atomic E-state index is 0.430. The van der Waals surface area contributed by atoms with Crippen molar-refractivity contribution in [3.63, 3.8) is 0 Å². The molecule has 1 aromatic carbocycles. The van der Waals surface area contributed by atoms with E-state index in [9.17, 15) is 9.90 Å². The zero-order valence-corrected chi connectivity index (χ0v) is 11.9. The average molecular weight is 270 g/mol. The second kappa shape index (κ2) is 5.82. The molecule has 0 bridgehead atoms. The summed E-state index contributed by atoms with van der Waals surface area (Å²) in [4.78, 5) is 20.1. The van der Waals surface area contributed by atoms with E-state index in [1.54, 1.807) is 6.20 Å². The van der Waals surface area contributed by atoms with Crippen molar-refractivity contribution in [2.45, 2.75) is 33.1 Å². The van der Waals surface area contributed by atoms with E-state index in [2.05, 4.69) is 9.97 Å². The maximum absolute atomic E-state index is 11.5. The quantitative estimate of drug-likeness (QED) is 0.928. The van der Waals surface area contributed by atoms with Gasteiger partial charge in [0.1, 0.15) is 5.92 Å². The van der Waals surface area contributed by atoms with Crippen LogP contribution in [0.3, 0.4) is 0 Å². The van der Waals surface area contributed by atoms with Crippen LogP contribution in [0.25, 0.3) is 0 Å². The molecule has 1 atom stereocenters. The normalized spacial score (nSPS) is 12.2. The molecule has 1 N–H and O–H groups in total. The molecule has 0 aliphatic carbocycles. The number of carboxylic acid groups (broad SMARTS) is 1. The van der Waals surface area contributed by atoms with Crippen molar-refractivity contribution in [3.8, 4) is 0 Å². The smallest absolute Gasteiger partial charge is 0.312 e. The summed E-state index contributed by atoms with van der Waals surface area (Å²) in [6.07, 6.45) is 2.00. The van der Waals surface area contributed by atoms with Crippen LogP contribution in [0.1, 0.15) is 34.1 Å². The SMILES string of the molecule is Cc1ccccc1CC(C(=O)O)c1cnc(C)c(C)n1. The molecule has 20 heavy (non-hydrogen) atoms. The fourth-order valence-corrected chi connectivity index (χ4v) is 2.11. The molecule has 0 saturated heterocycles. The summed E-state index contributed by atoms with van der Waals surface area (Å²) in [5, 5.41) is 9.47. The Kier molecular flexibility index (Phi) is 4.13. The Morgan fingerprint density at radius 2 is 1.90 bits per heavy atom. The number of aryl methyl sites for hydroxylation is 3. The maximum atomic E-state index is 11.5. The highest BCUT2D eigenvalue weighted by Crippen LogP contribution is 2.22. The summed E-state index contributed by atoms with van der Waals surface area (Å²) in [7, 11) is 0. The molecule has 0 aliphatic rings. The lowest BCUT2D eigenvalue weighted by Crippen LogP contribution is -2.17. The van der Waals surface area contributed by atoms with Gasteiger partial charge in [-0.15, -0.1) is 0 Å². The van der Waals surface area contributed by atoms with Crippen LogP contribution in [0.2, 0.25) is 0 Å². The van der Waals surface area contributed by atoms with Gasteiger partial charge in [-0.2, -0.15) is 0 Å². The van der Waals surface area contributed by atoms with Crippen molar-refractivity contribution in [1.29, 1.82) is 0 Å². The zero-order valence-electron chi connectivity index (χ0n) is 11.9. The van der Waals surface area contributed by atoms with Gasteiger partial charge in [0.2, 0.25) is 0 Å². The first kappa shape index (κ1) is 14.2. The molecule has 0 saturated carbocycles. The summed E-state index contributed by atoms with van der Waals surface area (Å²) in [6.45, 7) is 5.70. The third kappa shape index (κ3) is 3.02. The molecule has 1 aromatic heterocycles. The van der Waals surface area contributed by atoms with Crippen LogP contribution in [0.15, 0.2) is 30.5 Å². The topological polar surface area (TPSA) is 63.1 Å². The summed E-state index contributed by atoms with van der Waals surface area (Å²) >= 11 is 0. The van der Waals surface area contributed by atoms with Gasteiger partial charge in [0.05, 0.1) is 17.1 Å². The molecule has 1 heterocycles. The van der Waals surface area contributed by atoms with E-state index < -0.39 is 11.9 Å². The molecule has 0 radical (unpaired) electrons. The van der Waals surface area contributed by atoms with Gasteiger partial charge in [-0.3, -0.25) is 14.8 Å². The fraction of sp³-hybridized carbons (Fsp3) is 0.312. The number of carboxylic acids is 1. The number of aliphatic carboxylic acids is 1. The molecule has 0 aliphatic heterocycles. The van der Waals surface area contributed by atoms with Crippen LogP contribution >= 0.6 is 0 Å². The van der Waals surface area contributed by atoms with E-state index in [1.807, 2.05) is 45.0 Å². The number of nitrogens with zero attached hydrogens (tertiary/aromatic N) is 2. The van der Waals surface area contributed by atoms with E-state index in [0.29, 0.717) is 12.1 Å². The van der Waals surface area contributed by atoms with Gasteiger partial charge in [0.15, 0.2) is 0 Å². The predicted octanol–water partition coefficient (Wildman–Crippen LogP) is 2.81. The van der Waals surface area contributed by atoms with E-state index in [0.717, 1.165) is 22.5 Å². The van der Waals surface area contributed by atoms with Gasteiger partial charge in [-0.1, -0.05) is 24.3 Å². The number of aromatic nitrogens is 2. The van der Waals surface area contributed by atoms with Crippen LogP contribution in [0, 0.1) is 20.8 Å². The fourth-order valence-electron chi connectivity index (χ4n) is 2.11. The second-order valence-electron chi connectivity index (χ2n) is 4.99. The number of benzene rings is 1. The van der Waals surface area contributed by atoms with E-state index in [1.165, 1.54) is 0 Å². The standard InChI is InChI=1S/C16H18N2O2/c1-10-6-4-5-7-13(10)8-14(16(19)20)15-9-17-11(2)12(3)18-15/h4-7,9,14H,8H2,1-3H3,(H,19,20). The van der Waals surface area contributed by atoms with Crippen LogP contribution in [0.4, 0.5) is 0 Å². The maximum Gasteiger partial charge on any atom is 0.312 e. The van der Waals surface area contributed by atoms with Gasteiger partial charge in [0, 0.05) is 6.20 Å². The van der Waals surface area contributed by atoms with Crippen molar-refractivity contribution < 1.29 is 9.90 Å². The first-order chi connectivity index (χ1) is 9.49. The molecule has 0 fully saturated rings. The lowest BCUT2D eigenvalue weighted by molar-refractivity contribution is -0.138. The Bertz CT molecular complexity index is 638. The summed E-state index contributed by atoms with van der Waals surface area (Å²) in [5.74, 6) is -1.53. The van der Waals surface area contributed by atoms with Crippen LogP contribution < -0.4 is 0 Å². The summed E-state index contributed by atoms with van der Waals surface area (Å²) < 4.78 is 0. The lowest BCUT2D eigenvalue weighted by atomic mass is 9.94. The third-order valence-corrected chi connectivity index (χ3v) is 3.55. The molecule has 1 unspecified atom stereocenters. The zero-order chi connectivity index (χ0) is 14.7. The molecule has 2 rings (SSSR count). The third-order valence-electron chi connectivity index (χ3n) is 3.55. The highest BCUT2D eigenvalue weighted by atomic mass is 16.4. The lowest BCUT2D eigenvalue weighted by Gasteiger charge is -2.14. The first-order valence-corrected chi connectivity index (χ1v) is 6.56. The highest BCUT2D eigenvalue weighted by Gasteiger charge is 2.23. The monoisotopic (exact) mass is 270 g/mol. The Labute approximate surface area is 118 Å². The molecular formula is C16H18N2O2. The molecule has 0 spiro atoms. The predicted molar refractivity (Wildman–Crippen MR) is 76.8 cm³/mol. The van der Waals surface area contributed by atoms with E-state index in [4.69, 9.17) is 0 Å². The van der Waals surface area contributed by atoms with Crippen molar-refractivity contribution in [2.24, 2.45) is 0 Å². The second-order valence-corrected chi connectivity index (χ2v) is 4.99. The van der Waals surface area contributed by atoms with Gasteiger partial charge in [-0.25, -0.2) is 0 Å². The van der Waals surface area contributed by atoms with Crippen LogP contribution in [0.5, 0.6) is 0 Å². The number of rotatable bonds is 4. The Morgan fingerprint density at radius 3 is 2.50 bits per heavy atom. The minimum Gasteiger partial charge on any atom is -0.481 e. The number of hydrogen-bond donors (Lipinski definition) is 1. The van der Waals surface area contributed by atoms with E-state index in [-0.39, 0.29) is 0 Å². The van der Waals surface area contributed by atoms with Gasteiger partial charge >= 0.3 is 5.97 Å². The molecule has 2 aromatic rings. The average Bonchev–Trinajstić information content (AvgIpc) is 2.41. The van der Waals surface area contributed by atoms with Crippen LogP contribution in [-0.2, 0) is 11.2 Å². The van der Waals surface area contributed by atoms with Gasteiger partial charge in [0.25, 0.3) is 0 Å². The largest absolute Gasteiger partial charge is 0.481 e. The van der Waals surface area contributed by atoms with Gasteiger partial charge < -0.3 is 5.11 Å². The molecule has 4 heteroatoms. The number of carbonyl (C=O) groups is 1. The highest BCUT2D eigenvalue weighted by molar-refractivity contribution is 5.75. The summed E-state index contributed by atoms with van der Waals surface area (Å²) in [6, 6.07) is 7.82. The Hall–Kier alpha value is -2.23. The van der Waals surface area contributed by atoms with Crippen molar-refractivity contribution in [2.75, 3.05) is 0 Å². The molecule has 4 nitrogen and oxygen atoms in total.